The molecule has 2 aromatic rings. The molecule has 0 amide bonds. The van der Waals surface area contributed by atoms with Gasteiger partial charge in [0.1, 0.15) is 0 Å². The maximum atomic E-state index is 9.19. The van der Waals surface area contributed by atoms with E-state index in [2.05, 4.69) is 5.16 Å². The summed E-state index contributed by atoms with van der Waals surface area (Å²) in [4.78, 5) is 0. The molecule has 1 aromatic heterocycles. The highest BCUT2D eigenvalue weighted by molar-refractivity contribution is 7.85. The molecule has 0 bridgehead atoms. The van der Waals surface area contributed by atoms with Crippen LogP contribution in [0.15, 0.2) is 35.0 Å². The van der Waals surface area contributed by atoms with Gasteiger partial charge in [-0.25, -0.2) is 0 Å². The van der Waals surface area contributed by atoms with Gasteiger partial charge in [-0.15, -0.1) is 12.4 Å². The average Bonchev–Trinajstić information content (AvgIpc) is 2.47. The van der Waals surface area contributed by atoms with E-state index in [9.17, 15) is 8.42 Å². The van der Waals surface area contributed by atoms with Crippen molar-refractivity contribution in [3.05, 3.63) is 30.5 Å². The molecule has 0 fully saturated rings. The minimum atomic E-state index is -3.67. The summed E-state index contributed by atoms with van der Waals surface area (Å²) in [6, 6.07) is 7.74. The van der Waals surface area contributed by atoms with Crippen molar-refractivity contribution in [2.75, 3.05) is 6.26 Å². The zero-order valence-corrected chi connectivity index (χ0v) is 9.46. The molecule has 7 heteroatoms. The zero-order valence-electron chi connectivity index (χ0n) is 7.82. The van der Waals surface area contributed by atoms with Crippen molar-refractivity contribution in [1.82, 2.24) is 5.16 Å². The van der Waals surface area contributed by atoms with Crippen molar-refractivity contribution in [2.24, 2.45) is 0 Å². The van der Waals surface area contributed by atoms with E-state index in [0.717, 1.165) is 11.0 Å². The summed E-state index contributed by atoms with van der Waals surface area (Å²) in [5, 5.41) is 4.68. The van der Waals surface area contributed by atoms with Gasteiger partial charge in [-0.1, -0.05) is 17.3 Å². The van der Waals surface area contributed by atoms with Crippen LogP contribution in [0.1, 0.15) is 0 Å². The zero-order chi connectivity index (χ0) is 10.6. The van der Waals surface area contributed by atoms with Crippen LogP contribution in [0.3, 0.4) is 0 Å². The molecular weight excluding hydrogens is 242 g/mol. The van der Waals surface area contributed by atoms with Gasteiger partial charge < -0.3 is 4.52 Å². The van der Waals surface area contributed by atoms with Crippen molar-refractivity contribution in [2.45, 2.75) is 0 Å². The van der Waals surface area contributed by atoms with Gasteiger partial charge in [0.2, 0.25) is 0 Å². The summed E-state index contributed by atoms with van der Waals surface area (Å²) in [5.74, 6) is 0. The van der Waals surface area contributed by atoms with Gasteiger partial charge >= 0.3 is 0 Å². The van der Waals surface area contributed by atoms with Crippen molar-refractivity contribution in [1.29, 1.82) is 0 Å². The minimum absolute atomic E-state index is 0. The molecule has 5 nitrogen and oxygen atoms in total. The Morgan fingerprint density at radius 2 is 1.87 bits per heavy atom. The van der Waals surface area contributed by atoms with E-state index >= 15 is 0 Å². The molecule has 0 radical (unpaired) electrons. The summed E-state index contributed by atoms with van der Waals surface area (Å²) in [6.45, 7) is 0. The van der Waals surface area contributed by atoms with Crippen LogP contribution in [0.4, 0.5) is 0 Å². The number of aromatic nitrogens is 1. The van der Waals surface area contributed by atoms with E-state index in [0.29, 0.717) is 6.26 Å². The van der Waals surface area contributed by atoms with Gasteiger partial charge in [-0.2, -0.15) is 8.42 Å². The lowest BCUT2D eigenvalue weighted by atomic mass is 10.3. The second kappa shape index (κ2) is 5.69. The Hall–Kier alpha value is -1.11. The molecular formula is C8H10ClNO4S. The lowest BCUT2D eigenvalue weighted by Gasteiger charge is -1.78. The number of nitrogens with zero attached hydrogens (tertiary/aromatic N) is 1. The Morgan fingerprint density at radius 1 is 1.33 bits per heavy atom. The van der Waals surface area contributed by atoms with E-state index in [1.54, 1.807) is 6.20 Å². The summed E-state index contributed by atoms with van der Waals surface area (Å²) in [6.07, 6.45) is 2.42. The second-order valence-corrected chi connectivity index (χ2v) is 4.06. The maximum absolute atomic E-state index is 9.19. The van der Waals surface area contributed by atoms with Gasteiger partial charge in [0, 0.05) is 5.39 Å². The van der Waals surface area contributed by atoms with E-state index in [-0.39, 0.29) is 12.4 Å². The molecule has 0 unspecified atom stereocenters. The Morgan fingerprint density at radius 3 is 2.40 bits per heavy atom. The highest BCUT2D eigenvalue weighted by atomic mass is 35.5. The van der Waals surface area contributed by atoms with Crippen molar-refractivity contribution < 1.29 is 17.5 Å². The molecule has 0 aliphatic rings. The Bertz CT molecular complexity index is 470. The number of para-hydroxylation sites is 1. The SMILES string of the molecule is CS(=O)(=O)O.Cl.c1ccc2oncc2c1. The van der Waals surface area contributed by atoms with Crippen LogP contribution in [-0.2, 0) is 10.1 Å². The van der Waals surface area contributed by atoms with E-state index in [4.69, 9.17) is 9.08 Å². The number of hydrogen-bond donors (Lipinski definition) is 1. The number of hydrogen-bond acceptors (Lipinski definition) is 4. The van der Waals surface area contributed by atoms with Crippen LogP contribution >= 0.6 is 12.4 Å². The second-order valence-electron chi connectivity index (χ2n) is 2.60. The summed E-state index contributed by atoms with van der Waals surface area (Å²) < 4.78 is 30.7. The molecule has 2 rings (SSSR count). The third-order valence-electron chi connectivity index (χ3n) is 1.26. The van der Waals surface area contributed by atoms with Gasteiger partial charge in [-0.05, 0) is 12.1 Å². The predicted molar refractivity (Wildman–Crippen MR) is 58.7 cm³/mol. The van der Waals surface area contributed by atoms with Crippen LogP contribution < -0.4 is 0 Å². The lowest BCUT2D eigenvalue weighted by Crippen LogP contribution is -1.88. The maximum Gasteiger partial charge on any atom is 0.261 e. The third-order valence-corrected chi connectivity index (χ3v) is 1.26. The number of rotatable bonds is 0. The molecule has 0 atom stereocenters. The monoisotopic (exact) mass is 251 g/mol. The molecule has 0 aliphatic carbocycles. The molecule has 0 aliphatic heterocycles. The molecule has 84 valence electrons. The molecule has 1 N–H and O–H groups in total. The van der Waals surface area contributed by atoms with E-state index in [1.165, 1.54) is 0 Å². The first-order chi connectivity index (χ1) is 6.47. The summed E-state index contributed by atoms with van der Waals surface area (Å²) >= 11 is 0. The van der Waals surface area contributed by atoms with Crippen LogP contribution in [0.25, 0.3) is 11.0 Å². The standard InChI is InChI=1S/C7H5NO.CH4O3S.ClH/c1-2-4-7-6(3-1)5-8-9-7;1-5(2,3)4;/h1-5H;1H3,(H,2,3,4);1H. The normalized spacial score (nSPS) is 10.0. The first kappa shape index (κ1) is 13.9. The van der Waals surface area contributed by atoms with Crippen molar-refractivity contribution in [3.8, 4) is 0 Å². The molecule has 1 heterocycles. The van der Waals surface area contributed by atoms with Gasteiger partial charge in [0.05, 0.1) is 12.5 Å². The fourth-order valence-electron chi connectivity index (χ4n) is 0.810. The van der Waals surface area contributed by atoms with Crippen molar-refractivity contribution in [3.63, 3.8) is 0 Å². The van der Waals surface area contributed by atoms with Gasteiger partial charge in [-0.3, -0.25) is 4.55 Å². The highest BCUT2D eigenvalue weighted by Gasteiger charge is 1.91. The van der Waals surface area contributed by atoms with Gasteiger partial charge in [0.15, 0.2) is 5.58 Å². The third kappa shape index (κ3) is 6.05. The number of halogens is 1. The number of fused-ring (bicyclic) bond motifs is 1. The van der Waals surface area contributed by atoms with E-state index < -0.39 is 10.1 Å². The molecule has 0 saturated heterocycles. The van der Waals surface area contributed by atoms with Crippen molar-refractivity contribution >= 4 is 33.5 Å². The van der Waals surface area contributed by atoms with Gasteiger partial charge in [0.25, 0.3) is 10.1 Å². The number of benzene rings is 1. The average molecular weight is 252 g/mol. The van der Waals surface area contributed by atoms with E-state index in [1.807, 2.05) is 24.3 Å². The quantitative estimate of drug-likeness (QED) is 0.722. The summed E-state index contributed by atoms with van der Waals surface area (Å²) in [7, 11) is -3.67. The molecule has 0 spiro atoms. The topological polar surface area (TPSA) is 80.4 Å². The predicted octanol–water partition coefficient (Wildman–Crippen LogP) is 1.75. The Balaban J connectivity index is 0.000000289. The largest absolute Gasteiger partial charge is 0.356 e. The minimum Gasteiger partial charge on any atom is -0.356 e. The molecule has 15 heavy (non-hydrogen) atoms. The fourth-order valence-corrected chi connectivity index (χ4v) is 0.810. The smallest absolute Gasteiger partial charge is 0.261 e. The Labute approximate surface area is 93.2 Å². The fraction of sp³-hybridized carbons (Fsp3) is 0.125. The molecule has 1 aromatic carbocycles. The highest BCUT2D eigenvalue weighted by Crippen LogP contribution is 2.10. The molecule has 0 saturated carbocycles. The van der Waals surface area contributed by atoms with Crippen LogP contribution in [0.5, 0.6) is 0 Å². The van der Waals surface area contributed by atoms with Crippen LogP contribution in [0, 0.1) is 0 Å². The first-order valence-electron chi connectivity index (χ1n) is 3.69. The Kier molecular flexibility index (Phi) is 5.27. The first-order valence-corrected chi connectivity index (χ1v) is 5.53. The van der Waals surface area contributed by atoms with Crippen LogP contribution in [0.2, 0.25) is 0 Å². The van der Waals surface area contributed by atoms with Crippen LogP contribution in [-0.4, -0.2) is 24.4 Å². The summed E-state index contributed by atoms with van der Waals surface area (Å²) in [5.41, 5.74) is 0.845. The lowest BCUT2D eigenvalue weighted by molar-refractivity contribution is 0.456.